The molecule has 3 aromatic carbocycles. The number of ether oxygens (including phenoxy) is 2. The summed E-state index contributed by atoms with van der Waals surface area (Å²) in [6.07, 6.45) is 0. The van der Waals surface area contributed by atoms with Gasteiger partial charge in [-0.05, 0) is 17.2 Å². The summed E-state index contributed by atoms with van der Waals surface area (Å²) in [6, 6.07) is 24.7. The van der Waals surface area contributed by atoms with Crippen molar-refractivity contribution in [3.05, 3.63) is 95.6 Å². The summed E-state index contributed by atoms with van der Waals surface area (Å²) in [4.78, 5) is 12.5. The first-order valence-corrected chi connectivity index (χ1v) is 8.38. The molecule has 0 saturated carbocycles. The van der Waals surface area contributed by atoms with Crippen molar-refractivity contribution >= 4 is 11.7 Å². The molecule has 0 radical (unpaired) electrons. The standard InChI is InChI=1S/C22H21NO3/c1-25-22(24)21(17-10-6-3-7-11-17)19-13-12-18(23)14-20(19)26-15-16-8-4-2-5-9-16/h2-14,21H,15,23H2,1H3. The Hall–Kier alpha value is -3.27. The lowest BCUT2D eigenvalue weighted by atomic mass is 9.90. The van der Waals surface area contributed by atoms with Gasteiger partial charge in [0.2, 0.25) is 0 Å². The van der Waals surface area contributed by atoms with E-state index in [-0.39, 0.29) is 5.97 Å². The average molecular weight is 347 g/mol. The number of nitrogens with two attached hydrogens (primary N) is 1. The summed E-state index contributed by atoms with van der Waals surface area (Å²) in [5, 5.41) is 0. The van der Waals surface area contributed by atoms with E-state index in [0.717, 1.165) is 16.7 Å². The molecule has 0 aromatic heterocycles. The maximum atomic E-state index is 12.5. The third kappa shape index (κ3) is 4.03. The second-order valence-corrected chi connectivity index (χ2v) is 5.94. The number of nitrogen functional groups attached to an aromatic ring is 1. The van der Waals surface area contributed by atoms with Crippen molar-refractivity contribution in [2.24, 2.45) is 0 Å². The van der Waals surface area contributed by atoms with Crippen LogP contribution < -0.4 is 10.5 Å². The highest BCUT2D eigenvalue weighted by Crippen LogP contribution is 2.34. The number of anilines is 1. The molecule has 1 unspecified atom stereocenters. The molecule has 0 aliphatic heterocycles. The highest BCUT2D eigenvalue weighted by atomic mass is 16.5. The number of benzene rings is 3. The lowest BCUT2D eigenvalue weighted by molar-refractivity contribution is -0.141. The summed E-state index contributed by atoms with van der Waals surface area (Å²) >= 11 is 0. The Morgan fingerprint density at radius 3 is 2.27 bits per heavy atom. The quantitative estimate of drug-likeness (QED) is 0.537. The predicted molar refractivity (Wildman–Crippen MR) is 102 cm³/mol. The zero-order valence-electron chi connectivity index (χ0n) is 14.6. The van der Waals surface area contributed by atoms with Gasteiger partial charge >= 0.3 is 5.97 Å². The van der Waals surface area contributed by atoms with E-state index in [1.807, 2.05) is 66.7 Å². The van der Waals surface area contributed by atoms with Crippen molar-refractivity contribution in [3.8, 4) is 5.75 Å². The minimum atomic E-state index is -0.576. The summed E-state index contributed by atoms with van der Waals surface area (Å²) in [5.74, 6) is -0.341. The molecule has 3 rings (SSSR count). The molecule has 26 heavy (non-hydrogen) atoms. The van der Waals surface area contributed by atoms with Crippen molar-refractivity contribution in [3.63, 3.8) is 0 Å². The van der Waals surface area contributed by atoms with E-state index in [2.05, 4.69) is 0 Å². The van der Waals surface area contributed by atoms with Crippen LogP contribution in [0, 0.1) is 0 Å². The van der Waals surface area contributed by atoms with E-state index >= 15 is 0 Å². The number of hydrogen-bond acceptors (Lipinski definition) is 4. The zero-order valence-corrected chi connectivity index (χ0v) is 14.6. The van der Waals surface area contributed by atoms with E-state index in [9.17, 15) is 4.79 Å². The Labute approximate surface area is 153 Å². The lowest BCUT2D eigenvalue weighted by Gasteiger charge is -2.20. The summed E-state index contributed by atoms with van der Waals surface area (Å²) in [6.45, 7) is 0.389. The lowest BCUT2D eigenvalue weighted by Crippen LogP contribution is -2.17. The number of rotatable bonds is 6. The van der Waals surface area contributed by atoms with E-state index in [1.54, 1.807) is 12.1 Å². The molecule has 0 bridgehead atoms. The zero-order chi connectivity index (χ0) is 18.4. The van der Waals surface area contributed by atoms with Crippen LogP contribution in [-0.4, -0.2) is 13.1 Å². The molecule has 0 fully saturated rings. The fourth-order valence-electron chi connectivity index (χ4n) is 2.86. The number of methoxy groups -OCH3 is 1. The van der Waals surface area contributed by atoms with Gasteiger partial charge in [0.05, 0.1) is 7.11 Å². The molecule has 0 amide bonds. The molecule has 0 heterocycles. The van der Waals surface area contributed by atoms with Gasteiger partial charge in [-0.3, -0.25) is 4.79 Å². The van der Waals surface area contributed by atoms with E-state index in [1.165, 1.54) is 7.11 Å². The monoisotopic (exact) mass is 347 g/mol. The first kappa shape index (κ1) is 17.5. The Kier molecular flexibility index (Phi) is 5.54. The first-order chi connectivity index (χ1) is 12.7. The van der Waals surface area contributed by atoms with Crippen LogP contribution in [0.3, 0.4) is 0 Å². The molecule has 4 heteroatoms. The Balaban J connectivity index is 1.97. The van der Waals surface area contributed by atoms with Crippen molar-refractivity contribution < 1.29 is 14.3 Å². The maximum absolute atomic E-state index is 12.5. The molecule has 2 N–H and O–H groups in total. The van der Waals surface area contributed by atoms with Gasteiger partial charge in [0.15, 0.2) is 0 Å². The van der Waals surface area contributed by atoms with Crippen LogP contribution in [0.2, 0.25) is 0 Å². The van der Waals surface area contributed by atoms with Gasteiger partial charge < -0.3 is 15.2 Å². The number of carbonyl (C=O) groups is 1. The number of esters is 1. The van der Waals surface area contributed by atoms with Crippen LogP contribution in [0.25, 0.3) is 0 Å². The van der Waals surface area contributed by atoms with Crippen LogP contribution in [0.1, 0.15) is 22.6 Å². The molecule has 132 valence electrons. The van der Waals surface area contributed by atoms with Crippen LogP contribution in [0.4, 0.5) is 5.69 Å². The van der Waals surface area contributed by atoms with Crippen LogP contribution in [0.15, 0.2) is 78.9 Å². The summed E-state index contributed by atoms with van der Waals surface area (Å²) < 4.78 is 11.1. The SMILES string of the molecule is COC(=O)C(c1ccccc1)c1ccc(N)cc1OCc1ccccc1. The highest BCUT2D eigenvalue weighted by Gasteiger charge is 2.27. The number of carbonyl (C=O) groups excluding carboxylic acids is 1. The molecule has 0 saturated heterocycles. The normalized spacial score (nSPS) is 11.6. The number of hydrogen-bond donors (Lipinski definition) is 1. The van der Waals surface area contributed by atoms with Crippen molar-refractivity contribution in [1.82, 2.24) is 0 Å². The van der Waals surface area contributed by atoms with Crippen molar-refractivity contribution in [2.45, 2.75) is 12.5 Å². The van der Waals surface area contributed by atoms with Crippen molar-refractivity contribution in [2.75, 3.05) is 12.8 Å². The molecule has 0 aliphatic carbocycles. The summed E-state index contributed by atoms with van der Waals surface area (Å²) in [7, 11) is 1.39. The smallest absolute Gasteiger partial charge is 0.317 e. The van der Waals surface area contributed by atoms with Crippen LogP contribution in [-0.2, 0) is 16.1 Å². The van der Waals surface area contributed by atoms with E-state index in [4.69, 9.17) is 15.2 Å². The van der Waals surface area contributed by atoms with Crippen LogP contribution >= 0.6 is 0 Å². The van der Waals surface area contributed by atoms with E-state index < -0.39 is 5.92 Å². The Morgan fingerprint density at radius 2 is 1.62 bits per heavy atom. The molecule has 4 nitrogen and oxygen atoms in total. The molecule has 0 aliphatic rings. The molecule has 0 spiro atoms. The van der Waals surface area contributed by atoms with Gasteiger partial charge in [0, 0.05) is 17.3 Å². The molecular weight excluding hydrogens is 326 g/mol. The Bertz CT molecular complexity index is 863. The fourth-order valence-corrected chi connectivity index (χ4v) is 2.86. The van der Waals surface area contributed by atoms with Gasteiger partial charge in [-0.25, -0.2) is 0 Å². The van der Waals surface area contributed by atoms with Gasteiger partial charge in [-0.15, -0.1) is 0 Å². The second kappa shape index (κ2) is 8.21. The third-order valence-electron chi connectivity index (χ3n) is 4.16. The third-order valence-corrected chi connectivity index (χ3v) is 4.16. The topological polar surface area (TPSA) is 61.5 Å². The summed E-state index contributed by atoms with van der Waals surface area (Å²) in [5.41, 5.74) is 9.13. The molecule has 3 aromatic rings. The fraction of sp³-hybridized carbons (Fsp3) is 0.136. The first-order valence-electron chi connectivity index (χ1n) is 8.38. The highest BCUT2D eigenvalue weighted by molar-refractivity contribution is 5.83. The minimum absolute atomic E-state index is 0.342. The average Bonchev–Trinajstić information content (AvgIpc) is 2.69. The van der Waals surface area contributed by atoms with Crippen LogP contribution in [0.5, 0.6) is 5.75 Å². The predicted octanol–water partition coefficient (Wildman–Crippen LogP) is 4.15. The largest absolute Gasteiger partial charge is 0.489 e. The Morgan fingerprint density at radius 1 is 0.962 bits per heavy atom. The van der Waals surface area contributed by atoms with E-state index in [0.29, 0.717) is 18.0 Å². The van der Waals surface area contributed by atoms with Crippen molar-refractivity contribution in [1.29, 1.82) is 0 Å². The molecule has 1 atom stereocenters. The van der Waals surface area contributed by atoms with Gasteiger partial charge in [0.25, 0.3) is 0 Å². The van der Waals surface area contributed by atoms with Gasteiger partial charge in [0.1, 0.15) is 18.3 Å². The molecular formula is C22H21NO3. The minimum Gasteiger partial charge on any atom is -0.489 e. The second-order valence-electron chi connectivity index (χ2n) is 5.94. The maximum Gasteiger partial charge on any atom is 0.317 e. The van der Waals surface area contributed by atoms with Gasteiger partial charge in [-0.1, -0.05) is 66.7 Å². The van der Waals surface area contributed by atoms with Gasteiger partial charge in [-0.2, -0.15) is 0 Å².